The molecular weight excluding hydrogens is 144 g/mol. The van der Waals surface area contributed by atoms with Crippen LogP contribution < -0.4 is 5.73 Å². The normalized spacial score (nSPS) is 9.73. The van der Waals surface area contributed by atoms with Gasteiger partial charge in [0.2, 0.25) is 5.91 Å². The molecule has 0 aliphatic carbocycles. The molecule has 0 aromatic carbocycles. The van der Waals surface area contributed by atoms with E-state index in [1.54, 1.807) is 4.90 Å². The summed E-state index contributed by atoms with van der Waals surface area (Å²) in [5.74, 6) is 0.0176. The third-order valence-electron chi connectivity index (χ3n) is 1.46. The van der Waals surface area contributed by atoms with Gasteiger partial charge >= 0.3 is 0 Å². The minimum atomic E-state index is 0.0176. The Labute approximate surface area is 67.0 Å². The quantitative estimate of drug-likeness (QED) is 0.552. The molecule has 1 amide bonds. The average Bonchev–Trinajstić information content (AvgIpc) is 2.00. The molecule has 0 spiro atoms. The highest BCUT2D eigenvalue weighted by Crippen LogP contribution is 1.91. The van der Waals surface area contributed by atoms with Crippen molar-refractivity contribution in [1.82, 2.24) is 4.90 Å². The molecule has 0 atom stereocenters. The van der Waals surface area contributed by atoms with Crippen molar-refractivity contribution >= 4 is 5.91 Å². The lowest BCUT2D eigenvalue weighted by molar-refractivity contribution is -0.131. The Morgan fingerprint density at radius 2 is 2.27 bits per heavy atom. The summed E-state index contributed by atoms with van der Waals surface area (Å²) in [7, 11) is 0. The zero-order valence-corrected chi connectivity index (χ0v) is 6.92. The molecule has 0 bridgehead atoms. The summed E-state index contributed by atoms with van der Waals surface area (Å²) in [4.78, 5) is 12.7. The molecular formula is C7H16N2O2. The fraction of sp³-hybridized carbons (Fsp3) is 0.857. The predicted octanol–water partition coefficient (Wildman–Crippen LogP) is -0.824. The molecule has 0 heterocycles. The molecule has 0 saturated carbocycles. The molecule has 11 heavy (non-hydrogen) atoms. The van der Waals surface area contributed by atoms with Crippen molar-refractivity contribution < 1.29 is 9.90 Å². The van der Waals surface area contributed by atoms with Crippen LogP contribution in [0, 0.1) is 0 Å². The van der Waals surface area contributed by atoms with Gasteiger partial charge in [-0.15, -0.1) is 0 Å². The molecule has 0 aromatic rings. The summed E-state index contributed by atoms with van der Waals surface area (Å²) in [5, 5.41) is 8.56. The third-order valence-corrected chi connectivity index (χ3v) is 1.46. The summed E-state index contributed by atoms with van der Waals surface area (Å²) in [6, 6.07) is 0. The van der Waals surface area contributed by atoms with Crippen LogP contribution in [0.15, 0.2) is 0 Å². The average molecular weight is 160 g/mol. The molecule has 0 saturated heterocycles. The van der Waals surface area contributed by atoms with Crippen LogP contribution in [-0.4, -0.2) is 42.2 Å². The van der Waals surface area contributed by atoms with Gasteiger partial charge in [0.1, 0.15) is 0 Å². The molecule has 0 radical (unpaired) electrons. The van der Waals surface area contributed by atoms with Crippen molar-refractivity contribution in [3.63, 3.8) is 0 Å². The maximum Gasteiger partial charge on any atom is 0.223 e. The zero-order chi connectivity index (χ0) is 8.69. The maximum atomic E-state index is 11.1. The molecule has 0 aromatic heterocycles. The molecule has 0 fully saturated rings. The van der Waals surface area contributed by atoms with E-state index in [4.69, 9.17) is 10.8 Å². The smallest absolute Gasteiger partial charge is 0.223 e. The number of nitrogens with two attached hydrogens (primary N) is 1. The molecule has 4 nitrogen and oxygen atoms in total. The number of aliphatic hydroxyl groups is 1. The standard InChI is InChI=1S/C7H16N2O2/c1-2-9(5-6-10)7(11)3-4-8/h10H,2-6,8H2,1H3. The minimum Gasteiger partial charge on any atom is -0.395 e. The van der Waals surface area contributed by atoms with Gasteiger partial charge in [0.25, 0.3) is 0 Å². The van der Waals surface area contributed by atoms with Crippen LogP contribution in [0.3, 0.4) is 0 Å². The van der Waals surface area contributed by atoms with Crippen molar-refractivity contribution in [2.75, 3.05) is 26.2 Å². The Kier molecular flexibility index (Phi) is 5.78. The summed E-state index contributed by atoms with van der Waals surface area (Å²) < 4.78 is 0. The van der Waals surface area contributed by atoms with Crippen molar-refractivity contribution in [3.8, 4) is 0 Å². The largest absolute Gasteiger partial charge is 0.395 e. The van der Waals surface area contributed by atoms with Crippen molar-refractivity contribution in [1.29, 1.82) is 0 Å². The van der Waals surface area contributed by atoms with Crippen LogP contribution in [-0.2, 0) is 4.79 Å². The van der Waals surface area contributed by atoms with E-state index in [1.165, 1.54) is 0 Å². The van der Waals surface area contributed by atoms with Gasteiger partial charge in [0.15, 0.2) is 0 Å². The van der Waals surface area contributed by atoms with Crippen LogP contribution in [0.5, 0.6) is 0 Å². The molecule has 4 heteroatoms. The van der Waals surface area contributed by atoms with Gasteiger partial charge in [-0.25, -0.2) is 0 Å². The van der Waals surface area contributed by atoms with Crippen molar-refractivity contribution in [3.05, 3.63) is 0 Å². The van der Waals surface area contributed by atoms with E-state index >= 15 is 0 Å². The Morgan fingerprint density at radius 1 is 1.64 bits per heavy atom. The second kappa shape index (κ2) is 6.12. The molecule has 0 rings (SSSR count). The minimum absolute atomic E-state index is 0.0176. The Morgan fingerprint density at radius 3 is 2.64 bits per heavy atom. The van der Waals surface area contributed by atoms with Crippen LogP contribution in [0.1, 0.15) is 13.3 Å². The first-order valence-electron chi connectivity index (χ1n) is 3.85. The summed E-state index contributed by atoms with van der Waals surface area (Å²) in [6.45, 7) is 3.32. The van der Waals surface area contributed by atoms with E-state index in [1.807, 2.05) is 6.92 Å². The molecule has 3 N–H and O–H groups in total. The number of hydrogen-bond acceptors (Lipinski definition) is 3. The first kappa shape index (κ1) is 10.4. The van der Waals surface area contributed by atoms with Gasteiger partial charge in [-0.3, -0.25) is 4.79 Å². The molecule has 0 aliphatic rings. The van der Waals surface area contributed by atoms with E-state index in [-0.39, 0.29) is 12.5 Å². The SMILES string of the molecule is CCN(CCO)C(=O)CCN. The van der Waals surface area contributed by atoms with Crippen molar-refractivity contribution in [2.24, 2.45) is 5.73 Å². The van der Waals surface area contributed by atoms with Crippen LogP contribution in [0.4, 0.5) is 0 Å². The van der Waals surface area contributed by atoms with Gasteiger partial charge in [-0.05, 0) is 6.92 Å². The van der Waals surface area contributed by atoms with E-state index in [2.05, 4.69) is 0 Å². The highest BCUT2D eigenvalue weighted by Gasteiger charge is 2.08. The van der Waals surface area contributed by atoms with Gasteiger partial charge in [0, 0.05) is 26.1 Å². The first-order valence-corrected chi connectivity index (χ1v) is 3.85. The number of hydrogen-bond donors (Lipinski definition) is 2. The fourth-order valence-electron chi connectivity index (χ4n) is 0.861. The van der Waals surface area contributed by atoms with Gasteiger partial charge < -0.3 is 15.7 Å². The topological polar surface area (TPSA) is 66.6 Å². The zero-order valence-electron chi connectivity index (χ0n) is 6.92. The number of amides is 1. The lowest BCUT2D eigenvalue weighted by Gasteiger charge is -2.18. The summed E-state index contributed by atoms with van der Waals surface area (Å²) >= 11 is 0. The van der Waals surface area contributed by atoms with Crippen LogP contribution >= 0.6 is 0 Å². The van der Waals surface area contributed by atoms with Gasteiger partial charge in [-0.2, -0.15) is 0 Å². The molecule has 0 aliphatic heterocycles. The monoisotopic (exact) mass is 160 g/mol. The predicted molar refractivity (Wildman–Crippen MR) is 43.0 cm³/mol. The number of rotatable bonds is 5. The number of likely N-dealkylation sites (N-methyl/N-ethyl adjacent to an activating group) is 1. The Balaban J connectivity index is 3.71. The highest BCUT2D eigenvalue weighted by atomic mass is 16.3. The fourth-order valence-corrected chi connectivity index (χ4v) is 0.861. The number of aliphatic hydroxyl groups excluding tert-OH is 1. The lowest BCUT2D eigenvalue weighted by atomic mass is 10.3. The molecule has 66 valence electrons. The van der Waals surface area contributed by atoms with Gasteiger partial charge in [0.05, 0.1) is 6.61 Å². The molecule has 0 unspecified atom stereocenters. The highest BCUT2D eigenvalue weighted by molar-refractivity contribution is 5.76. The van der Waals surface area contributed by atoms with Crippen molar-refractivity contribution in [2.45, 2.75) is 13.3 Å². The van der Waals surface area contributed by atoms with E-state index in [0.29, 0.717) is 26.1 Å². The Hall–Kier alpha value is -0.610. The van der Waals surface area contributed by atoms with E-state index in [0.717, 1.165) is 0 Å². The lowest BCUT2D eigenvalue weighted by Crippen LogP contribution is -2.34. The number of carbonyl (C=O) groups is 1. The maximum absolute atomic E-state index is 11.1. The third kappa shape index (κ3) is 3.95. The van der Waals surface area contributed by atoms with E-state index in [9.17, 15) is 4.79 Å². The summed E-state index contributed by atoms with van der Waals surface area (Å²) in [5.41, 5.74) is 5.21. The second-order valence-electron chi connectivity index (χ2n) is 2.24. The van der Waals surface area contributed by atoms with Gasteiger partial charge in [-0.1, -0.05) is 0 Å². The Bertz CT molecular complexity index is 117. The van der Waals surface area contributed by atoms with Crippen LogP contribution in [0.2, 0.25) is 0 Å². The van der Waals surface area contributed by atoms with Crippen LogP contribution in [0.25, 0.3) is 0 Å². The number of nitrogens with zero attached hydrogens (tertiary/aromatic N) is 1. The summed E-state index contributed by atoms with van der Waals surface area (Å²) in [6.07, 6.45) is 0.369. The second-order valence-corrected chi connectivity index (χ2v) is 2.24. The first-order chi connectivity index (χ1) is 5.26. The van der Waals surface area contributed by atoms with E-state index < -0.39 is 0 Å². The number of carbonyl (C=O) groups excluding carboxylic acids is 1.